The molecular formula is C49H95N3O2. The number of nitrogens with one attached hydrogen (secondary N) is 2. The zero-order chi connectivity index (χ0) is 39.3. The molecule has 0 fully saturated rings. The van der Waals surface area contributed by atoms with Gasteiger partial charge in [-0.1, -0.05) is 178 Å². The molecule has 5 heteroatoms. The number of rotatable bonds is 44. The topological polar surface area (TPSA) is 67.8 Å². The number of likely N-dealkylation sites (N-methyl/N-ethyl adjacent to an activating group) is 1. The Bertz CT molecular complexity index is 760. The molecule has 0 saturated heterocycles. The molecule has 0 aromatic heterocycles. The van der Waals surface area contributed by atoms with Crippen molar-refractivity contribution in [2.75, 3.05) is 46.3 Å². The van der Waals surface area contributed by atoms with E-state index in [0.717, 1.165) is 64.7 Å². The van der Waals surface area contributed by atoms with Crippen molar-refractivity contribution in [3.05, 3.63) is 48.6 Å². The molecule has 4 N–H and O–H groups in total. The van der Waals surface area contributed by atoms with Crippen molar-refractivity contribution in [1.29, 1.82) is 0 Å². The van der Waals surface area contributed by atoms with Crippen molar-refractivity contribution < 1.29 is 10.2 Å². The van der Waals surface area contributed by atoms with Crippen LogP contribution in [-0.4, -0.2) is 73.6 Å². The summed E-state index contributed by atoms with van der Waals surface area (Å²) in [6, 6.07) is 0. The van der Waals surface area contributed by atoms with E-state index in [-0.39, 0.29) is 12.2 Å². The zero-order valence-electron chi connectivity index (χ0n) is 36.6. The number of unbranched alkanes of at least 4 members (excludes halogenated alkanes) is 22. The third kappa shape index (κ3) is 45.2. The van der Waals surface area contributed by atoms with E-state index in [9.17, 15) is 10.2 Å². The Hall–Kier alpha value is -1.24. The van der Waals surface area contributed by atoms with E-state index in [1.54, 1.807) is 0 Å². The predicted octanol–water partition coefficient (Wildman–Crippen LogP) is 12.8. The Kier molecular flexibility index (Phi) is 45.1. The minimum atomic E-state index is -0.238. The van der Waals surface area contributed by atoms with E-state index in [4.69, 9.17) is 0 Å². The van der Waals surface area contributed by atoms with Crippen LogP contribution in [0.4, 0.5) is 0 Å². The van der Waals surface area contributed by atoms with Gasteiger partial charge in [-0.3, -0.25) is 0 Å². The first kappa shape index (κ1) is 52.8. The molecule has 0 aliphatic heterocycles. The van der Waals surface area contributed by atoms with E-state index < -0.39 is 0 Å². The molecule has 0 spiro atoms. The number of aliphatic hydroxyl groups is 2. The maximum absolute atomic E-state index is 10.3. The van der Waals surface area contributed by atoms with Crippen molar-refractivity contribution in [2.45, 2.75) is 219 Å². The van der Waals surface area contributed by atoms with Gasteiger partial charge in [-0.2, -0.15) is 0 Å². The number of aliphatic hydroxyl groups excluding tert-OH is 2. The SMILES string of the molecule is CCCCCCC/C=C\C/C=C\CCCCCCCCC(O)CNCCN(C)CCNCC(O)CCCCCCCC/C=C\C/C=C\CCCCCCC. The molecule has 0 saturated carbocycles. The lowest BCUT2D eigenvalue weighted by Gasteiger charge is -2.19. The highest BCUT2D eigenvalue weighted by atomic mass is 16.3. The number of hydrogen-bond donors (Lipinski definition) is 4. The molecule has 0 heterocycles. The maximum Gasteiger partial charge on any atom is 0.0664 e. The molecule has 0 amide bonds. The van der Waals surface area contributed by atoms with Crippen LogP contribution in [0.3, 0.4) is 0 Å². The van der Waals surface area contributed by atoms with Gasteiger partial charge >= 0.3 is 0 Å². The van der Waals surface area contributed by atoms with Crippen LogP contribution in [-0.2, 0) is 0 Å². The van der Waals surface area contributed by atoms with Crippen molar-refractivity contribution in [3.63, 3.8) is 0 Å². The molecule has 0 rings (SSSR count). The third-order valence-corrected chi connectivity index (χ3v) is 10.6. The summed E-state index contributed by atoms with van der Waals surface area (Å²) in [4.78, 5) is 2.31. The Labute approximate surface area is 338 Å². The smallest absolute Gasteiger partial charge is 0.0664 e. The lowest BCUT2D eigenvalue weighted by atomic mass is 10.1. The molecule has 0 radical (unpaired) electrons. The summed E-state index contributed by atoms with van der Waals surface area (Å²) < 4.78 is 0. The lowest BCUT2D eigenvalue weighted by molar-refractivity contribution is 0.154. The van der Waals surface area contributed by atoms with E-state index in [1.165, 1.54) is 154 Å². The van der Waals surface area contributed by atoms with Gasteiger partial charge in [-0.25, -0.2) is 0 Å². The quantitative estimate of drug-likeness (QED) is 0.0368. The standard InChI is InChI=1S/C49H95N3O2/c1-4-6-8-10-12-14-16-18-20-22-24-26-28-30-32-34-36-38-40-48(53)46-50-42-44-52(3)45-43-51-47-49(54)41-39-37-35-33-31-29-27-25-23-21-19-17-15-13-11-9-7-5-2/h16-19,22-25,48-51,53-54H,4-15,20-21,26-47H2,1-3H3/b18-16-,19-17-,24-22-,25-23-. The van der Waals surface area contributed by atoms with Gasteiger partial charge in [0, 0.05) is 39.3 Å². The van der Waals surface area contributed by atoms with Crippen molar-refractivity contribution in [3.8, 4) is 0 Å². The molecule has 2 atom stereocenters. The zero-order valence-corrected chi connectivity index (χ0v) is 36.6. The average Bonchev–Trinajstić information content (AvgIpc) is 3.17. The van der Waals surface area contributed by atoms with Gasteiger partial charge in [-0.15, -0.1) is 0 Å². The fourth-order valence-electron chi connectivity index (χ4n) is 6.84. The van der Waals surface area contributed by atoms with E-state index >= 15 is 0 Å². The van der Waals surface area contributed by atoms with Gasteiger partial charge in [0.25, 0.3) is 0 Å². The van der Waals surface area contributed by atoms with Crippen LogP contribution in [0.1, 0.15) is 206 Å². The molecule has 0 bridgehead atoms. The van der Waals surface area contributed by atoms with E-state index in [2.05, 4.69) is 85.0 Å². The largest absolute Gasteiger partial charge is 0.392 e. The van der Waals surface area contributed by atoms with Gasteiger partial charge in [0.1, 0.15) is 0 Å². The highest BCUT2D eigenvalue weighted by Crippen LogP contribution is 2.12. The third-order valence-electron chi connectivity index (χ3n) is 10.6. The molecule has 0 aliphatic rings. The van der Waals surface area contributed by atoms with Crippen molar-refractivity contribution >= 4 is 0 Å². The highest BCUT2D eigenvalue weighted by Gasteiger charge is 2.06. The van der Waals surface area contributed by atoms with Gasteiger partial charge in [0.2, 0.25) is 0 Å². The highest BCUT2D eigenvalue weighted by molar-refractivity contribution is 4.93. The first-order chi connectivity index (χ1) is 26.6. The second-order valence-electron chi connectivity index (χ2n) is 16.2. The van der Waals surface area contributed by atoms with Gasteiger partial charge in [-0.05, 0) is 84.1 Å². The second kappa shape index (κ2) is 46.1. The predicted molar refractivity (Wildman–Crippen MR) is 242 cm³/mol. The minimum Gasteiger partial charge on any atom is -0.392 e. The molecule has 0 aromatic rings. The first-order valence-corrected chi connectivity index (χ1v) is 23.7. The molecular weight excluding hydrogens is 663 g/mol. The Morgan fingerprint density at radius 3 is 1.04 bits per heavy atom. The lowest BCUT2D eigenvalue weighted by Crippen LogP contribution is -2.38. The summed E-state index contributed by atoms with van der Waals surface area (Å²) in [6.07, 6.45) is 56.0. The summed E-state index contributed by atoms with van der Waals surface area (Å²) in [5.74, 6) is 0. The summed E-state index contributed by atoms with van der Waals surface area (Å²) >= 11 is 0. The van der Waals surface area contributed by atoms with Crippen LogP contribution in [0.2, 0.25) is 0 Å². The maximum atomic E-state index is 10.3. The fourth-order valence-corrected chi connectivity index (χ4v) is 6.84. The Morgan fingerprint density at radius 1 is 0.407 bits per heavy atom. The van der Waals surface area contributed by atoms with Gasteiger partial charge in [0.15, 0.2) is 0 Å². The minimum absolute atomic E-state index is 0.238. The molecule has 0 aromatic carbocycles. The summed E-state index contributed by atoms with van der Waals surface area (Å²) in [5.41, 5.74) is 0. The van der Waals surface area contributed by atoms with Gasteiger partial charge < -0.3 is 25.7 Å². The van der Waals surface area contributed by atoms with Crippen molar-refractivity contribution in [2.24, 2.45) is 0 Å². The summed E-state index contributed by atoms with van der Waals surface area (Å²) in [7, 11) is 2.15. The molecule has 318 valence electrons. The van der Waals surface area contributed by atoms with E-state index in [1.807, 2.05) is 0 Å². The summed E-state index contributed by atoms with van der Waals surface area (Å²) in [6.45, 7) is 9.65. The average molecular weight is 758 g/mol. The Balaban J connectivity index is 3.42. The molecule has 54 heavy (non-hydrogen) atoms. The Morgan fingerprint density at radius 2 is 0.704 bits per heavy atom. The van der Waals surface area contributed by atoms with Crippen LogP contribution in [0.25, 0.3) is 0 Å². The molecule has 2 unspecified atom stereocenters. The fraction of sp³-hybridized carbons (Fsp3) is 0.837. The number of hydrogen-bond acceptors (Lipinski definition) is 5. The second-order valence-corrected chi connectivity index (χ2v) is 16.2. The normalized spacial score (nSPS) is 13.6. The van der Waals surface area contributed by atoms with E-state index in [0.29, 0.717) is 13.1 Å². The van der Waals surface area contributed by atoms with Crippen molar-refractivity contribution in [1.82, 2.24) is 15.5 Å². The van der Waals surface area contributed by atoms with Crippen LogP contribution >= 0.6 is 0 Å². The van der Waals surface area contributed by atoms with Gasteiger partial charge in [0.05, 0.1) is 12.2 Å². The summed E-state index contributed by atoms with van der Waals surface area (Å²) in [5, 5.41) is 27.6. The monoisotopic (exact) mass is 758 g/mol. The molecule has 5 nitrogen and oxygen atoms in total. The van der Waals surface area contributed by atoms with Crippen LogP contribution in [0.15, 0.2) is 48.6 Å². The number of nitrogens with zero attached hydrogens (tertiary/aromatic N) is 1. The van der Waals surface area contributed by atoms with Crippen LogP contribution < -0.4 is 10.6 Å². The van der Waals surface area contributed by atoms with Crippen LogP contribution in [0.5, 0.6) is 0 Å². The van der Waals surface area contributed by atoms with Crippen LogP contribution in [0, 0.1) is 0 Å². The first-order valence-electron chi connectivity index (χ1n) is 23.7. The number of allylic oxidation sites excluding steroid dienone is 8. The molecule has 0 aliphatic carbocycles.